The molecule has 0 amide bonds. The summed E-state index contributed by atoms with van der Waals surface area (Å²) in [4.78, 5) is 0. The fourth-order valence-corrected chi connectivity index (χ4v) is 11.6. The SMILES string of the molecule is CCOC(C)OC(C(C)C)C(F)(F)C[C@@H](CO)[C@H]1CCC2C3CC=C4CC[C@H](O[Si](C)(C)C(C)(C)C)C[C@]4(C)C3CC[C@@]21C. The number of allylic oxidation sites excluding steroid dienone is 2. The first-order valence-electron chi connectivity index (χ1n) is 17.9. The first kappa shape index (κ1) is 36.5. The van der Waals surface area contributed by atoms with E-state index in [4.69, 9.17) is 13.9 Å². The maximum atomic E-state index is 16.0. The summed E-state index contributed by atoms with van der Waals surface area (Å²) in [7, 11) is -1.85. The predicted octanol–water partition coefficient (Wildman–Crippen LogP) is 10.0. The van der Waals surface area contributed by atoms with E-state index in [9.17, 15) is 5.11 Å². The monoisotopic (exact) mass is 640 g/mol. The minimum atomic E-state index is -3.05. The number of halogens is 2. The van der Waals surface area contributed by atoms with Crippen LogP contribution < -0.4 is 0 Å². The fourth-order valence-electron chi connectivity index (χ4n) is 10.3. The zero-order chi connectivity index (χ0) is 32.9. The van der Waals surface area contributed by atoms with Gasteiger partial charge in [0.05, 0.1) is 0 Å². The Morgan fingerprint density at radius 2 is 1.73 bits per heavy atom. The van der Waals surface area contributed by atoms with Crippen LogP contribution in [0.4, 0.5) is 8.78 Å². The normalized spacial score (nSPS) is 36.7. The van der Waals surface area contributed by atoms with Gasteiger partial charge in [-0.3, -0.25) is 0 Å². The lowest BCUT2D eigenvalue weighted by Gasteiger charge is -2.59. The Kier molecular flexibility index (Phi) is 11.0. The van der Waals surface area contributed by atoms with Crippen LogP contribution in [-0.4, -0.2) is 51.1 Å². The summed E-state index contributed by atoms with van der Waals surface area (Å²) in [6, 6.07) is 0. The van der Waals surface area contributed by atoms with Crippen molar-refractivity contribution in [1.82, 2.24) is 0 Å². The first-order valence-corrected chi connectivity index (χ1v) is 20.8. The zero-order valence-electron chi connectivity index (χ0n) is 30.0. The number of hydrogen-bond donors (Lipinski definition) is 1. The summed E-state index contributed by atoms with van der Waals surface area (Å²) < 4.78 is 50.3. The summed E-state index contributed by atoms with van der Waals surface area (Å²) in [5, 5.41) is 10.8. The molecule has 0 aliphatic heterocycles. The summed E-state index contributed by atoms with van der Waals surface area (Å²) >= 11 is 0. The van der Waals surface area contributed by atoms with E-state index < -0.39 is 32.6 Å². The minimum absolute atomic E-state index is 0.0230. The molecule has 7 heteroatoms. The Bertz CT molecular complexity index is 1010. The van der Waals surface area contributed by atoms with Crippen LogP contribution in [0.1, 0.15) is 120 Å². The number of rotatable bonds is 12. The van der Waals surface area contributed by atoms with Gasteiger partial charge < -0.3 is 19.0 Å². The Hall–Kier alpha value is -0.343. The second kappa shape index (κ2) is 13.3. The molecule has 256 valence electrons. The molecule has 0 radical (unpaired) electrons. The molecule has 0 bridgehead atoms. The number of ether oxygens (including phenoxy) is 2. The molecular formula is C37H66F2O4Si. The van der Waals surface area contributed by atoms with E-state index in [0.717, 1.165) is 51.4 Å². The highest BCUT2D eigenvalue weighted by Crippen LogP contribution is 2.67. The van der Waals surface area contributed by atoms with Crippen LogP contribution in [0.3, 0.4) is 0 Å². The van der Waals surface area contributed by atoms with E-state index in [1.54, 1.807) is 26.3 Å². The van der Waals surface area contributed by atoms with Gasteiger partial charge in [-0.05, 0) is 130 Å². The van der Waals surface area contributed by atoms with Gasteiger partial charge in [-0.25, -0.2) is 8.78 Å². The van der Waals surface area contributed by atoms with E-state index >= 15 is 8.78 Å². The van der Waals surface area contributed by atoms with Gasteiger partial charge in [0.15, 0.2) is 14.6 Å². The number of fused-ring (bicyclic) bond motifs is 5. The fraction of sp³-hybridized carbons (Fsp3) is 0.946. The van der Waals surface area contributed by atoms with Gasteiger partial charge in [-0.1, -0.05) is 60.1 Å². The maximum absolute atomic E-state index is 16.0. The third-order valence-corrected chi connectivity index (χ3v) is 18.0. The van der Waals surface area contributed by atoms with Gasteiger partial charge >= 0.3 is 0 Å². The van der Waals surface area contributed by atoms with Crippen molar-refractivity contribution < 1.29 is 27.8 Å². The number of hydrogen-bond acceptors (Lipinski definition) is 4. The molecule has 0 aromatic heterocycles. The number of alkyl halides is 2. The van der Waals surface area contributed by atoms with Crippen molar-refractivity contribution in [2.45, 2.75) is 163 Å². The molecule has 4 aliphatic carbocycles. The second-order valence-electron chi connectivity index (χ2n) is 17.5. The van der Waals surface area contributed by atoms with Crippen LogP contribution in [0.15, 0.2) is 11.6 Å². The molecule has 10 atom stereocenters. The topological polar surface area (TPSA) is 47.9 Å². The van der Waals surface area contributed by atoms with Crippen LogP contribution in [-0.2, 0) is 13.9 Å². The Morgan fingerprint density at radius 1 is 1.05 bits per heavy atom. The Balaban J connectivity index is 1.51. The van der Waals surface area contributed by atoms with Gasteiger partial charge in [0.25, 0.3) is 5.92 Å². The Labute approximate surface area is 269 Å². The molecular weight excluding hydrogens is 574 g/mol. The van der Waals surface area contributed by atoms with Crippen LogP contribution in [0.5, 0.6) is 0 Å². The van der Waals surface area contributed by atoms with Crippen LogP contribution in [0, 0.1) is 46.3 Å². The summed E-state index contributed by atoms with van der Waals surface area (Å²) in [5.74, 6) is -2.03. The second-order valence-corrected chi connectivity index (χ2v) is 22.2. The third-order valence-electron chi connectivity index (χ3n) is 13.5. The van der Waals surface area contributed by atoms with Crippen molar-refractivity contribution in [2.75, 3.05) is 13.2 Å². The molecule has 44 heavy (non-hydrogen) atoms. The van der Waals surface area contributed by atoms with Crippen molar-refractivity contribution in [3.63, 3.8) is 0 Å². The van der Waals surface area contributed by atoms with E-state index in [0.29, 0.717) is 30.5 Å². The first-order chi connectivity index (χ1) is 20.3. The lowest BCUT2D eigenvalue weighted by molar-refractivity contribution is -0.240. The molecule has 0 saturated heterocycles. The molecule has 0 heterocycles. The van der Waals surface area contributed by atoms with Gasteiger partial charge in [-0.2, -0.15) is 0 Å². The van der Waals surface area contributed by atoms with Crippen LogP contribution in [0.2, 0.25) is 18.1 Å². The van der Waals surface area contributed by atoms with E-state index in [2.05, 4.69) is 53.8 Å². The predicted molar refractivity (Wildman–Crippen MR) is 178 cm³/mol. The summed E-state index contributed by atoms with van der Waals surface area (Å²) in [5.41, 5.74) is 1.79. The minimum Gasteiger partial charge on any atom is -0.414 e. The van der Waals surface area contributed by atoms with Crippen molar-refractivity contribution >= 4 is 8.32 Å². The standard InChI is InChI=1S/C37H66F2O4Si/c1-12-41-25(4)42-33(24(2)3)37(38,39)21-26(23-40)30-17-18-31-29-16-14-27-13-15-28(43-44(10,11)34(5,6)7)22-36(27,9)32(29)19-20-35(30,31)8/h14,24-26,28-33,40H,12-13,15-23H2,1-11H3/t25?,26-,28-,29?,30+,31?,32?,33?,35+,36-/m0/s1. The average Bonchev–Trinajstić information content (AvgIpc) is 3.26. The molecule has 3 fully saturated rings. The molecule has 0 aromatic carbocycles. The third kappa shape index (κ3) is 6.93. The molecule has 4 rings (SSSR count). The van der Waals surface area contributed by atoms with Crippen LogP contribution in [0.25, 0.3) is 0 Å². The number of aliphatic hydroxyl groups is 1. The van der Waals surface area contributed by atoms with Gasteiger partial charge in [0, 0.05) is 25.7 Å². The van der Waals surface area contributed by atoms with Crippen molar-refractivity contribution in [3.05, 3.63) is 11.6 Å². The van der Waals surface area contributed by atoms with Crippen molar-refractivity contribution in [3.8, 4) is 0 Å². The summed E-state index contributed by atoms with van der Waals surface area (Å²) in [6.07, 6.45) is 9.36. The molecule has 5 unspecified atom stereocenters. The maximum Gasteiger partial charge on any atom is 0.274 e. The molecule has 4 nitrogen and oxygen atoms in total. The number of aliphatic hydroxyl groups excluding tert-OH is 1. The zero-order valence-corrected chi connectivity index (χ0v) is 31.0. The molecule has 1 N–H and O–H groups in total. The largest absolute Gasteiger partial charge is 0.414 e. The van der Waals surface area contributed by atoms with E-state index in [-0.39, 0.29) is 40.7 Å². The lowest BCUT2D eigenvalue weighted by atomic mass is 9.47. The van der Waals surface area contributed by atoms with Crippen LogP contribution >= 0.6 is 0 Å². The Morgan fingerprint density at radius 3 is 2.32 bits per heavy atom. The van der Waals surface area contributed by atoms with E-state index in [1.807, 2.05) is 6.92 Å². The highest BCUT2D eigenvalue weighted by molar-refractivity contribution is 6.74. The molecule has 0 aromatic rings. The molecule has 3 saturated carbocycles. The smallest absolute Gasteiger partial charge is 0.274 e. The highest BCUT2D eigenvalue weighted by Gasteiger charge is 2.61. The highest BCUT2D eigenvalue weighted by atomic mass is 28.4. The molecule has 4 aliphatic rings. The average molecular weight is 641 g/mol. The van der Waals surface area contributed by atoms with Gasteiger partial charge in [-0.15, -0.1) is 0 Å². The van der Waals surface area contributed by atoms with E-state index in [1.165, 1.54) is 0 Å². The van der Waals surface area contributed by atoms with Gasteiger partial charge in [0.2, 0.25) is 0 Å². The van der Waals surface area contributed by atoms with Gasteiger partial charge in [0.1, 0.15) is 6.10 Å². The van der Waals surface area contributed by atoms with Crippen molar-refractivity contribution in [1.29, 1.82) is 0 Å². The quantitative estimate of drug-likeness (QED) is 0.131. The molecule has 0 spiro atoms. The lowest BCUT2D eigenvalue weighted by Crippen LogP contribution is -2.53. The summed E-state index contributed by atoms with van der Waals surface area (Å²) in [6.45, 7) is 24.0. The van der Waals surface area contributed by atoms with Crippen molar-refractivity contribution in [2.24, 2.45) is 46.3 Å².